The van der Waals surface area contributed by atoms with E-state index in [0.717, 1.165) is 47.7 Å². The molecule has 0 radical (unpaired) electrons. The van der Waals surface area contributed by atoms with E-state index >= 15 is 13.2 Å². The number of rotatable bonds is 12. The van der Waals surface area contributed by atoms with Crippen molar-refractivity contribution in [2.45, 2.75) is 5.07 Å². The third kappa shape index (κ3) is 6.39. The molecule has 0 spiro atoms. The molecule has 62 heavy (non-hydrogen) atoms. The van der Waals surface area contributed by atoms with E-state index in [9.17, 15) is 0 Å². The Morgan fingerprint density at radius 3 is 0.419 bits per heavy atom. The summed E-state index contributed by atoms with van der Waals surface area (Å²) in [6.45, 7) is 0. The van der Waals surface area contributed by atoms with Crippen molar-refractivity contribution >= 4 is 65.6 Å². The normalized spacial score (nSPS) is 14.5. The van der Waals surface area contributed by atoms with E-state index in [-0.39, 0.29) is 0 Å². The van der Waals surface area contributed by atoms with Gasteiger partial charge < -0.3 is 0 Å². The van der Waals surface area contributed by atoms with Crippen LogP contribution in [0.5, 0.6) is 0 Å². The first-order valence-electron chi connectivity index (χ1n) is 20.6. The van der Waals surface area contributed by atoms with Crippen LogP contribution in [0.2, 0.25) is 0 Å². The molecule has 0 aromatic heterocycles. The Kier molecular flexibility index (Phi) is 12.0. The van der Waals surface area contributed by atoms with Crippen molar-refractivity contribution in [1.82, 2.24) is 0 Å². The van der Waals surface area contributed by atoms with E-state index in [1.807, 2.05) is 273 Å². The fourth-order valence-corrected chi connectivity index (χ4v) is 77.8. The van der Waals surface area contributed by atoms with E-state index in [2.05, 4.69) is 0 Å². The summed E-state index contributed by atoms with van der Waals surface area (Å²) >= 11 is -4.27. The van der Waals surface area contributed by atoms with E-state index in [1.54, 1.807) is 0 Å². The van der Waals surface area contributed by atoms with Crippen LogP contribution in [0.25, 0.3) is 0 Å². The van der Waals surface area contributed by atoms with Gasteiger partial charge in [0.25, 0.3) is 0 Å². The maximum atomic E-state index is 20.2. The SMILES string of the molecule is F[C](F)(F)[Cu]([PH](c1ccccc1)(c1ccccc1)c1ccccc1)([PH](c1ccccc1)(c1ccccc1)c1ccccc1)[PH](c1ccccc1)(c1ccccc1)c1ccccc1. The zero-order valence-electron chi connectivity index (χ0n) is 33.9. The molecule has 0 aliphatic rings. The molecule has 0 nitrogen and oxygen atoms in total. The first kappa shape index (κ1) is 41.9. The molecule has 0 aliphatic carbocycles. The first-order chi connectivity index (χ1) is 30.4. The van der Waals surface area contributed by atoms with Crippen LogP contribution in [-0.4, -0.2) is 5.07 Å². The Morgan fingerprint density at radius 1 is 0.210 bits per heavy atom. The zero-order chi connectivity index (χ0) is 42.5. The summed E-state index contributed by atoms with van der Waals surface area (Å²) in [4.78, 5) is 0. The summed E-state index contributed by atoms with van der Waals surface area (Å²) in [5.74, 6) is -13.9. The molecular formula is C55H48CuF3P3. The quantitative estimate of drug-likeness (QED) is 0.0846. The zero-order valence-corrected chi connectivity index (χ0v) is 37.9. The molecule has 9 rings (SSSR count). The van der Waals surface area contributed by atoms with Gasteiger partial charge in [0.05, 0.1) is 0 Å². The minimum absolute atomic E-state index is 0.738. The third-order valence-corrected chi connectivity index (χ3v) is 60.0. The Balaban J connectivity index is 1.79. The van der Waals surface area contributed by atoms with Gasteiger partial charge in [0.1, 0.15) is 0 Å². The van der Waals surface area contributed by atoms with E-state index < -0.39 is 34.4 Å². The monoisotopic (exact) mass is 921 g/mol. The third-order valence-electron chi connectivity index (χ3n) is 11.6. The van der Waals surface area contributed by atoms with Crippen molar-refractivity contribution < 1.29 is 24.7 Å². The number of hydrogen-bond acceptors (Lipinski definition) is 0. The van der Waals surface area contributed by atoms with Crippen molar-refractivity contribution in [2.75, 3.05) is 0 Å². The summed E-state index contributed by atoms with van der Waals surface area (Å²) < 4.78 is 60.5. The van der Waals surface area contributed by atoms with Crippen LogP contribution in [0.15, 0.2) is 273 Å². The molecule has 0 fully saturated rings. The number of hydrogen-bond donors (Lipinski definition) is 0. The van der Waals surface area contributed by atoms with Crippen molar-refractivity contribution in [2.24, 2.45) is 0 Å². The topological polar surface area (TPSA) is 0 Å². The second-order valence-electron chi connectivity index (χ2n) is 14.9. The van der Waals surface area contributed by atoms with Crippen LogP contribution in [-0.2, 0) is 11.5 Å². The molecule has 9 aromatic rings. The molecule has 0 N–H and O–H groups in total. The van der Waals surface area contributed by atoms with Gasteiger partial charge >= 0.3 is 368 Å². The summed E-state index contributed by atoms with van der Waals surface area (Å²) in [6.07, 6.45) is 0. The number of halogens is 3. The molecule has 7 heteroatoms. The predicted octanol–water partition coefficient (Wildman–Crippen LogP) is 10.6. The molecule has 0 saturated carbocycles. The molecule has 0 aliphatic heterocycles. The standard InChI is InChI=1S/3C18H15P.CF3.Cu/c3*1-4-10-16(11-5-1)19(17-12-6-2-7-13-17)18-14-8-3-9-15-18;2-1(3)4;/h3*1-15H;;/q;;;;-3/p+3. The van der Waals surface area contributed by atoms with E-state index in [4.69, 9.17) is 0 Å². The molecule has 0 amide bonds. The van der Waals surface area contributed by atoms with Crippen LogP contribution in [0.4, 0.5) is 13.2 Å². The second-order valence-corrected chi connectivity index (χ2v) is 41.4. The molecule has 0 unspecified atom stereocenters. The molecule has 315 valence electrons. The average molecular weight is 922 g/mol. The Morgan fingerprint density at radius 2 is 0.323 bits per heavy atom. The van der Waals surface area contributed by atoms with Gasteiger partial charge in [-0.1, -0.05) is 0 Å². The first-order valence-corrected chi connectivity index (χ1v) is 30.7. The molecular weight excluding hydrogens is 874 g/mol. The number of benzene rings is 9. The fourth-order valence-electron chi connectivity index (χ4n) is 9.46. The van der Waals surface area contributed by atoms with Crippen LogP contribution in [0.1, 0.15) is 0 Å². The molecule has 0 saturated heterocycles. The summed E-state index contributed by atoms with van der Waals surface area (Å²) in [5, 5.41) is 1.80. The van der Waals surface area contributed by atoms with Gasteiger partial charge in [0, 0.05) is 0 Å². The summed E-state index contributed by atoms with van der Waals surface area (Å²) in [5.41, 5.74) is 0. The van der Waals surface area contributed by atoms with Crippen LogP contribution >= 0.6 is 17.9 Å². The fraction of sp³-hybridized carbons (Fsp3) is 0.0182. The summed E-state index contributed by atoms with van der Waals surface area (Å²) in [7, 11) is 0. The van der Waals surface area contributed by atoms with E-state index in [0.29, 0.717) is 0 Å². The molecule has 0 heterocycles. The molecule has 0 bridgehead atoms. The molecule has 9 aromatic carbocycles. The van der Waals surface area contributed by atoms with Gasteiger partial charge in [-0.3, -0.25) is 0 Å². The Hall–Kier alpha value is -5.42. The van der Waals surface area contributed by atoms with Crippen LogP contribution in [0.3, 0.4) is 0 Å². The summed E-state index contributed by atoms with van der Waals surface area (Å²) in [6, 6.07) is 89.1. The average Bonchev–Trinajstić information content (AvgIpc) is 3.35. The van der Waals surface area contributed by atoms with Crippen molar-refractivity contribution in [3.05, 3.63) is 273 Å². The predicted molar refractivity (Wildman–Crippen MR) is 266 cm³/mol. The van der Waals surface area contributed by atoms with Gasteiger partial charge in [-0.05, 0) is 0 Å². The molecule has 0 atom stereocenters. The van der Waals surface area contributed by atoms with Gasteiger partial charge in [0.2, 0.25) is 0 Å². The minimum atomic E-state index is -4.84. The van der Waals surface area contributed by atoms with Gasteiger partial charge in [-0.2, -0.15) is 0 Å². The Bertz CT molecular complexity index is 2210. The van der Waals surface area contributed by atoms with Gasteiger partial charge in [-0.15, -0.1) is 0 Å². The van der Waals surface area contributed by atoms with Crippen LogP contribution < -0.4 is 47.7 Å². The van der Waals surface area contributed by atoms with Gasteiger partial charge in [-0.25, -0.2) is 0 Å². The maximum absolute atomic E-state index is 20.2. The van der Waals surface area contributed by atoms with Crippen molar-refractivity contribution in [1.29, 1.82) is 0 Å². The van der Waals surface area contributed by atoms with E-state index in [1.165, 1.54) is 0 Å². The van der Waals surface area contributed by atoms with Crippen molar-refractivity contribution in [3.8, 4) is 0 Å². The second kappa shape index (κ2) is 17.8. The number of alkyl halides is 3. The Labute approximate surface area is 366 Å². The van der Waals surface area contributed by atoms with Crippen molar-refractivity contribution in [3.63, 3.8) is 0 Å². The van der Waals surface area contributed by atoms with Crippen LogP contribution in [0, 0.1) is 0 Å². The van der Waals surface area contributed by atoms with Gasteiger partial charge in [0.15, 0.2) is 0 Å².